The number of nitrogens with one attached hydrogen (secondary N) is 1. The van der Waals surface area contributed by atoms with E-state index in [-0.39, 0.29) is 18.1 Å². The van der Waals surface area contributed by atoms with Gasteiger partial charge in [-0.25, -0.2) is 0 Å². The fourth-order valence-electron chi connectivity index (χ4n) is 2.80. The van der Waals surface area contributed by atoms with Crippen molar-refractivity contribution in [3.05, 3.63) is 29.8 Å². The molecule has 0 saturated heterocycles. The molecule has 0 aromatic heterocycles. The summed E-state index contributed by atoms with van der Waals surface area (Å²) in [5, 5.41) is 12.8. The van der Waals surface area contributed by atoms with Gasteiger partial charge in [-0.15, -0.1) is 0 Å². The predicted molar refractivity (Wildman–Crippen MR) is 76.0 cm³/mol. The van der Waals surface area contributed by atoms with Gasteiger partial charge in [0.2, 0.25) is 5.91 Å². The number of benzene rings is 1. The average Bonchev–Trinajstić information content (AvgIpc) is 2.58. The first-order valence-corrected chi connectivity index (χ1v) is 7.23. The Morgan fingerprint density at radius 3 is 2.79 bits per heavy atom. The van der Waals surface area contributed by atoms with Crippen LogP contribution >= 0.6 is 0 Å². The van der Waals surface area contributed by atoms with Crippen LogP contribution in [0.5, 0.6) is 5.75 Å². The SMILES string of the molecule is CC1CCCCCC1NC(=O)Cc1ccccc1O. The number of phenolic OH excluding ortho intramolecular Hbond substituents is 1. The van der Waals surface area contributed by atoms with Gasteiger partial charge in [0.15, 0.2) is 0 Å². The second kappa shape index (κ2) is 6.60. The Morgan fingerprint density at radius 1 is 1.26 bits per heavy atom. The first-order valence-electron chi connectivity index (χ1n) is 7.23. The summed E-state index contributed by atoms with van der Waals surface area (Å²) in [7, 11) is 0. The molecule has 0 radical (unpaired) electrons. The fraction of sp³-hybridized carbons (Fsp3) is 0.562. The lowest BCUT2D eigenvalue weighted by molar-refractivity contribution is -0.121. The van der Waals surface area contributed by atoms with Gasteiger partial charge in [0, 0.05) is 11.6 Å². The molecule has 104 valence electrons. The van der Waals surface area contributed by atoms with Crippen molar-refractivity contribution in [3.63, 3.8) is 0 Å². The highest BCUT2D eigenvalue weighted by Gasteiger charge is 2.21. The van der Waals surface area contributed by atoms with Gasteiger partial charge in [0.1, 0.15) is 5.75 Å². The Bertz CT molecular complexity index is 431. The van der Waals surface area contributed by atoms with Crippen LogP contribution in [0.25, 0.3) is 0 Å². The maximum Gasteiger partial charge on any atom is 0.224 e. The van der Waals surface area contributed by atoms with E-state index in [2.05, 4.69) is 12.2 Å². The van der Waals surface area contributed by atoms with E-state index in [4.69, 9.17) is 0 Å². The molecular formula is C16H23NO2. The van der Waals surface area contributed by atoms with Crippen LogP contribution in [0, 0.1) is 5.92 Å². The molecule has 0 bridgehead atoms. The molecule has 2 N–H and O–H groups in total. The van der Waals surface area contributed by atoms with Crippen LogP contribution in [0.4, 0.5) is 0 Å². The van der Waals surface area contributed by atoms with Crippen molar-refractivity contribution in [2.45, 2.75) is 51.5 Å². The highest BCUT2D eigenvalue weighted by Crippen LogP contribution is 2.23. The van der Waals surface area contributed by atoms with Gasteiger partial charge in [-0.3, -0.25) is 4.79 Å². The second-order valence-corrected chi connectivity index (χ2v) is 5.59. The largest absolute Gasteiger partial charge is 0.508 e. The van der Waals surface area contributed by atoms with Gasteiger partial charge >= 0.3 is 0 Å². The second-order valence-electron chi connectivity index (χ2n) is 5.59. The normalized spacial score (nSPS) is 23.6. The molecule has 1 aromatic rings. The Kier molecular flexibility index (Phi) is 4.83. The van der Waals surface area contributed by atoms with E-state index in [1.54, 1.807) is 18.2 Å². The summed E-state index contributed by atoms with van der Waals surface area (Å²) in [6.07, 6.45) is 6.28. The number of phenols is 1. The van der Waals surface area contributed by atoms with Crippen LogP contribution in [0.15, 0.2) is 24.3 Å². The summed E-state index contributed by atoms with van der Waals surface area (Å²) in [6, 6.07) is 7.32. The number of hydrogen-bond donors (Lipinski definition) is 2. The lowest BCUT2D eigenvalue weighted by Crippen LogP contribution is -2.39. The minimum Gasteiger partial charge on any atom is -0.508 e. The van der Waals surface area contributed by atoms with E-state index in [9.17, 15) is 9.90 Å². The van der Waals surface area contributed by atoms with Crippen molar-refractivity contribution in [2.24, 2.45) is 5.92 Å². The molecule has 1 aliphatic rings. The molecule has 1 fully saturated rings. The monoisotopic (exact) mass is 261 g/mol. The summed E-state index contributed by atoms with van der Waals surface area (Å²) >= 11 is 0. The van der Waals surface area contributed by atoms with Gasteiger partial charge in [0.25, 0.3) is 0 Å². The van der Waals surface area contributed by atoms with E-state index >= 15 is 0 Å². The molecule has 2 rings (SSSR count). The molecule has 3 heteroatoms. The predicted octanol–water partition coefficient (Wildman–Crippen LogP) is 3.02. The van der Waals surface area contributed by atoms with E-state index in [1.807, 2.05) is 6.07 Å². The Labute approximate surface area is 115 Å². The molecule has 1 saturated carbocycles. The quantitative estimate of drug-likeness (QED) is 0.822. The van der Waals surface area contributed by atoms with Crippen molar-refractivity contribution in [3.8, 4) is 5.75 Å². The lowest BCUT2D eigenvalue weighted by Gasteiger charge is -2.22. The zero-order chi connectivity index (χ0) is 13.7. The van der Waals surface area contributed by atoms with Gasteiger partial charge in [-0.05, 0) is 24.8 Å². The number of rotatable bonds is 3. The molecular weight excluding hydrogens is 238 g/mol. The van der Waals surface area contributed by atoms with E-state index in [0.717, 1.165) is 6.42 Å². The molecule has 1 aliphatic carbocycles. The third kappa shape index (κ3) is 3.98. The molecule has 2 atom stereocenters. The minimum absolute atomic E-state index is 0.0141. The molecule has 1 aromatic carbocycles. The summed E-state index contributed by atoms with van der Waals surface area (Å²) in [5.74, 6) is 0.766. The smallest absolute Gasteiger partial charge is 0.224 e. The standard InChI is InChI=1S/C16H23NO2/c1-12-7-3-2-4-9-14(12)17-16(19)11-13-8-5-6-10-15(13)18/h5-6,8,10,12,14,18H,2-4,7,9,11H2,1H3,(H,17,19). The summed E-state index contributed by atoms with van der Waals surface area (Å²) in [4.78, 5) is 12.1. The van der Waals surface area contributed by atoms with E-state index in [0.29, 0.717) is 17.5 Å². The van der Waals surface area contributed by atoms with Gasteiger partial charge in [0.05, 0.1) is 6.42 Å². The zero-order valence-corrected chi connectivity index (χ0v) is 11.6. The van der Waals surface area contributed by atoms with Gasteiger partial charge < -0.3 is 10.4 Å². The molecule has 0 aliphatic heterocycles. The minimum atomic E-state index is 0.0141. The number of carbonyl (C=O) groups is 1. The first-order chi connectivity index (χ1) is 9.16. The molecule has 1 amide bonds. The third-order valence-corrected chi connectivity index (χ3v) is 4.05. The number of aromatic hydroxyl groups is 1. The molecule has 3 nitrogen and oxygen atoms in total. The maximum atomic E-state index is 12.1. The van der Waals surface area contributed by atoms with Crippen LogP contribution in [-0.2, 0) is 11.2 Å². The number of hydrogen-bond acceptors (Lipinski definition) is 2. The summed E-state index contributed by atoms with van der Waals surface area (Å²) in [5.41, 5.74) is 0.696. The van der Waals surface area contributed by atoms with Crippen molar-refractivity contribution in [2.75, 3.05) is 0 Å². The first kappa shape index (κ1) is 13.9. The average molecular weight is 261 g/mol. The third-order valence-electron chi connectivity index (χ3n) is 4.05. The molecule has 2 unspecified atom stereocenters. The summed E-state index contributed by atoms with van der Waals surface area (Å²) < 4.78 is 0. The van der Waals surface area contributed by atoms with Gasteiger partial charge in [-0.2, -0.15) is 0 Å². The Morgan fingerprint density at radius 2 is 2.00 bits per heavy atom. The topological polar surface area (TPSA) is 49.3 Å². The number of amides is 1. The van der Waals surface area contributed by atoms with Gasteiger partial charge in [-0.1, -0.05) is 44.4 Å². The zero-order valence-electron chi connectivity index (χ0n) is 11.6. The van der Waals surface area contributed by atoms with Crippen molar-refractivity contribution in [1.29, 1.82) is 0 Å². The van der Waals surface area contributed by atoms with Crippen LogP contribution in [-0.4, -0.2) is 17.1 Å². The Hall–Kier alpha value is -1.51. The van der Waals surface area contributed by atoms with E-state index in [1.165, 1.54) is 25.7 Å². The van der Waals surface area contributed by atoms with Crippen molar-refractivity contribution < 1.29 is 9.90 Å². The van der Waals surface area contributed by atoms with Crippen molar-refractivity contribution >= 4 is 5.91 Å². The Balaban J connectivity index is 1.92. The van der Waals surface area contributed by atoms with Crippen LogP contribution in [0.3, 0.4) is 0 Å². The highest BCUT2D eigenvalue weighted by molar-refractivity contribution is 5.79. The highest BCUT2D eigenvalue weighted by atomic mass is 16.3. The maximum absolute atomic E-state index is 12.1. The molecule has 0 spiro atoms. The molecule has 0 heterocycles. The lowest BCUT2D eigenvalue weighted by atomic mass is 9.96. The number of carbonyl (C=O) groups excluding carboxylic acids is 1. The number of para-hydroxylation sites is 1. The fourth-order valence-corrected chi connectivity index (χ4v) is 2.80. The van der Waals surface area contributed by atoms with E-state index < -0.39 is 0 Å². The van der Waals surface area contributed by atoms with Crippen molar-refractivity contribution in [1.82, 2.24) is 5.32 Å². The van der Waals surface area contributed by atoms with Crippen LogP contribution in [0.1, 0.15) is 44.6 Å². The summed E-state index contributed by atoms with van der Waals surface area (Å²) in [6.45, 7) is 2.22. The molecule has 19 heavy (non-hydrogen) atoms. The van der Waals surface area contributed by atoms with Crippen LogP contribution < -0.4 is 5.32 Å². The van der Waals surface area contributed by atoms with Crippen LogP contribution in [0.2, 0.25) is 0 Å².